The van der Waals surface area contributed by atoms with E-state index < -0.39 is 0 Å². The van der Waals surface area contributed by atoms with Gasteiger partial charge in [0.25, 0.3) is 0 Å². The first kappa shape index (κ1) is 15.4. The lowest BCUT2D eigenvalue weighted by Gasteiger charge is -2.18. The number of hydrogen-bond donors (Lipinski definition) is 2. The van der Waals surface area contributed by atoms with Crippen molar-refractivity contribution in [2.75, 3.05) is 31.0 Å². The van der Waals surface area contributed by atoms with Crippen LogP contribution in [0.3, 0.4) is 0 Å². The highest BCUT2D eigenvalue weighted by molar-refractivity contribution is 6.18. The molecule has 0 saturated carbocycles. The van der Waals surface area contributed by atoms with Crippen LogP contribution in [-0.4, -0.2) is 44.1 Å². The molecule has 0 spiro atoms. The highest BCUT2D eigenvalue weighted by Crippen LogP contribution is 2.25. The van der Waals surface area contributed by atoms with Gasteiger partial charge < -0.3 is 20.3 Å². The van der Waals surface area contributed by atoms with Gasteiger partial charge in [-0.3, -0.25) is 4.79 Å². The number of carbonyl (C=O) groups is 2. The lowest BCUT2D eigenvalue weighted by atomic mass is 10.2. The van der Waals surface area contributed by atoms with Gasteiger partial charge in [-0.25, -0.2) is 4.79 Å². The number of nitrogens with zero attached hydrogens (tertiary/aromatic N) is 1. The van der Waals surface area contributed by atoms with Gasteiger partial charge >= 0.3 is 6.03 Å². The largest absolute Gasteiger partial charge is 0.497 e. The fourth-order valence-electron chi connectivity index (χ4n) is 2.23. The smallest absolute Gasteiger partial charge is 0.315 e. The second-order valence-corrected chi connectivity index (χ2v) is 5.07. The monoisotopic (exact) mass is 311 g/mol. The Bertz CT molecular complexity index is 524. The van der Waals surface area contributed by atoms with E-state index in [1.165, 1.54) is 0 Å². The van der Waals surface area contributed by atoms with Crippen LogP contribution in [0.1, 0.15) is 6.42 Å². The van der Waals surface area contributed by atoms with Crippen molar-refractivity contribution in [2.45, 2.75) is 12.5 Å². The Hall–Kier alpha value is -1.95. The summed E-state index contributed by atoms with van der Waals surface area (Å²) in [5, 5.41) is 5.39. The van der Waals surface area contributed by atoms with Crippen molar-refractivity contribution in [3.63, 3.8) is 0 Å². The van der Waals surface area contributed by atoms with E-state index in [1.807, 2.05) is 18.2 Å². The third-order valence-electron chi connectivity index (χ3n) is 3.21. The minimum atomic E-state index is -0.305. The molecule has 7 heteroatoms. The van der Waals surface area contributed by atoms with E-state index in [9.17, 15) is 9.59 Å². The molecule has 3 amide bonds. The lowest BCUT2D eigenvalue weighted by Crippen LogP contribution is -2.43. The highest BCUT2D eigenvalue weighted by atomic mass is 35.5. The van der Waals surface area contributed by atoms with Crippen LogP contribution in [0.2, 0.25) is 0 Å². The summed E-state index contributed by atoms with van der Waals surface area (Å²) >= 11 is 5.50. The molecule has 1 atom stereocenters. The number of rotatable bonds is 5. The van der Waals surface area contributed by atoms with E-state index in [0.717, 1.165) is 5.69 Å². The van der Waals surface area contributed by atoms with Gasteiger partial charge in [-0.15, -0.1) is 11.6 Å². The Labute approximate surface area is 128 Å². The van der Waals surface area contributed by atoms with Crippen LogP contribution in [0.15, 0.2) is 24.3 Å². The first-order chi connectivity index (χ1) is 10.1. The summed E-state index contributed by atoms with van der Waals surface area (Å²) in [6.45, 7) is 0.841. The van der Waals surface area contributed by atoms with Crippen molar-refractivity contribution in [1.29, 1.82) is 0 Å². The summed E-state index contributed by atoms with van der Waals surface area (Å²) in [7, 11) is 1.58. The molecule has 6 nitrogen and oxygen atoms in total. The van der Waals surface area contributed by atoms with Crippen LogP contribution < -0.4 is 20.3 Å². The maximum atomic E-state index is 12.1. The normalized spacial score (nSPS) is 17.7. The Kier molecular flexibility index (Phi) is 5.27. The number of urea groups is 1. The molecule has 1 aromatic rings. The molecular formula is C14H18ClN3O3. The fraction of sp³-hybridized carbons (Fsp3) is 0.429. The molecular weight excluding hydrogens is 294 g/mol. The number of hydrogen-bond acceptors (Lipinski definition) is 3. The van der Waals surface area contributed by atoms with Crippen molar-refractivity contribution >= 4 is 29.2 Å². The summed E-state index contributed by atoms with van der Waals surface area (Å²) in [6.07, 6.45) is 0.283. The quantitative estimate of drug-likeness (QED) is 0.806. The van der Waals surface area contributed by atoms with Gasteiger partial charge in [0.15, 0.2) is 0 Å². The van der Waals surface area contributed by atoms with Gasteiger partial charge in [-0.2, -0.15) is 0 Å². The summed E-state index contributed by atoms with van der Waals surface area (Å²) in [5.41, 5.74) is 0.768. The molecule has 2 rings (SSSR count). The number of benzene rings is 1. The van der Waals surface area contributed by atoms with Crippen LogP contribution in [-0.2, 0) is 4.79 Å². The van der Waals surface area contributed by atoms with Crippen molar-refractivity contribution in [3.05, 3.63) is 24.3 Å². The number of methoxy groups -OCH3 is 1. The molecule has 114 valence electrons. The predicted molar refractivity (Wildman–Crippen MR) is 81.0 cm³/mol. The highest BCUT2D eigenvalue weighted by Gasteiger charge is 2.31. The number of ether oxygens (including phenoxy) is 1. The van der Waals surface area contributed by atoms with Crippen LogP contribution in [0.25, 0.3) is 0 Å². The summed E-state index contributed by atoms with van der Waals surface area (Å²) in [6, 6.07) is 6.78. The van der Waals surface area contributed by atoms with Gasteiger partial charge in [-0.1, -0.05) is 6.07 Å². The Morgan fingerprint density at radius 3 is 3.05 bits per heavy atom. The maximum Gasteiger partial charge on any atom is 0.315 e. The van der Waals surface area contributed by atoms with Gasteiger partial charge in [0, 0.05) is 37.1 Å². The van der Waals surface area contributed by atoms with E-state index in [1.54, 1.807) is 18.1 Å². The summed E-state index contributed by atoms with van der Waals surface area (Å²) in [4.78, 5) is 25.3. The SMILES string of the molecule is COc1cccc(N2CC(NC(=O)NCCCl)CC2=O)c1. The minimum Gasteiger partial charge on any atom is -0.497 e. The standard InChI is InChI=1S/C14H18ClN3O3/c1-21-12-4-2-3-11(8-12)18-9-10(7-13(18)19)17-14(20)16-6-5-15/h2-4,8,10H,5-7,9H2,1H3,(H2,16,17,20). The number of nitrogens with one attached hydrogen (secondary N) is 2. The predicted octanol–water partition coefficient (Wildman–Crippen LogP) is 1.34. The first-order valence-electron chi connectivity index (χ1n) is 6.68. The van der Waals surface area contributed by atoms with Gasteiger partial charge in [0.1, 0.15) is 5.75 Å². The Balaban J connectivity index is 1.97. The van der Waals surface area contributed by atoms with Crippen LogP contribution in [0.4, 0.5) is 10.5 Å². The second kappa shape index (κ2) is 7.17. The first-order valence-corrected chi connectivity index (χ1v) is 7.22. The number of anilines is 1. The van der Waals surface area contributed by atoms with E-state index in [4.69, 9.17) is 16.3 Å². The molecule has 1 fully saturated rings. The molecule has 0 radical (unpaired) electrons. The molecule has 21 heavy (non-hydrogen) atoms. The zero-order valence-corrected chi connectivity index (χ0v) is 12.5. The number of carbonyl (C=O) groups excluding carboxylic acids is 2. The second-order valence-electron chi connectivity index (χ2n) is 4.70. The van der Waals surface area contributed by atoms with Crippen LogP contribution >= 0.6 is 11.6 Å². The van der Waals surface area contributed by atoms with E-state index in [0.29, 0.717) is 24.7 Å². The van der Waals surface area contributed by atoms with Gasteiger partial charge in [0.05, 0.1) is 13.2 Å². The summed E-state index contributed by atoms with van der Waals surface area (Å²) < 4.78 is 5.16. The van der Waals surface area contributed by atoms with Gasteiger partial charge in [-0.05, 0) is 12.1 Å². The Morgan fingerprint density at radius 2 is 2.33 bits per heavy atom. The average molecular weight is 312 g/mol. The summed E-state index contributed by atoms with van der Waals surface area (Å²) in [5.74, 6) is 1.02. The van der Waals surface area contributed by atoms with Crippen molar-refractivity contribution in [2.24, 2.45) is 0 Å². The van der Waals surface area contributed by atoms with E-state index in [2.05, 4.69) is 10.6 Å². The zero-order valence-electron chi connectivity index (χ0n) is 11.8. The topological polar surface area (TPSA) is 70.7 Å². The number of halogens is 1. The lowest BCUT2D eigenvalue weighted by molar-refractivity contribution is -0.117. The molecule has 0 aliphatic carbocycles. The Morgan fingerprint density at radius 1 is 1.52 bits per heavy atom. The minimum absolute atomic E-state index is 0.0223. The van der Waals surface area contributed by atoms with E-state index in [-0.39, 0.29) is 24.4 Å². The molecule has 1 aromatic carbocycles. The maximum absolute atomic E-state index is 12.1. The number of alkyl halides is 1. The zero-order chi connectivity index (χ0) is 15.2. The van der Waals surface area contributed by atoms with Gasteiger partial charge in [0.2, 0.25) is 5.91 Å². The molecule has 1 saturated heterocycles. The fourth-order valence-corrected chi connectivity index (χ4v) is 2.32. The molecule has 2 N–H and O–H groups in total. The van der Waals surface area contributed by atoms with Crippen LogP contribution in [0, 0.1) is 0 Å². The van der Waals surface area contributed by atoms with Crippen molar-refractivity contribution in [3.8, 4) is 5.75 Å². The third-order valence-corrected chi connectivity index (χ3v) is 3.39. The third kappa shape index (κ3) is 4.01. The number of amides is 3. The molecule has 1 heterocycles. The molecule has 0 bridgehead atoms. The molecule has 1 aliphatic rings. The van der Waals surface area contributed by atoms with E-state index >= 15 is 0 Å². The van der Waals surface area contributed by atoms with Crippen molar-refractivity contribution < 1.29 is 14.3 Å². The molecule has 1 unspecified atom stereocenters. The molecule has 1 aliphatic heterocycles. The van der Waals surface area contributed by atoms with Crippen molar-refractivity contribution in [1.82, 2.24) is 10.6 Å². The van der Waals surface area contributed by atoms with Crippen LogP contribution in [0.5, 0.6) is 5.75 Å². The molecule has 0 aromatic heterocycles. The average Bonchev–Trinajstić information content (AvgIpc) is 2.85.